The van der Waals surface area contributed by atoms with Crippen LogP contribution >= 0.6 is 0 Å². The minimum atomic E-state index is -1.06. The number of carbonyl (C=O) groups is 2. The van der Waals surface area contributed by atoms with Gasteiger partial charge in [0.2, 0.25) is 5.91 Å². The fraction of sp³-hybridized carbons (Fsp3) is 0.667. The molecule has 1 aliphatic rings. The Balaban J connectivity index is 2.42. The zero-order valence-electron chi connectivity index (χ0n) is 10.1. The third-order valence-corrected chi connectivity index (χ3v) is 3.04. The van der Waals surface area contributed by atoms with Crippen molar-refractivity contribution < 1.29 is 19.4 Å². The standard InChI is InChI=1S/C12H19NO4/c1-3-4-8-17-9(2)10(14)13-12(11(15)16)6-5-7-12/h3,9H,1,4-8H2,2H3,(H,13,14)(H,15,16). The number of aliphatic carboxylic acids is 1. The van der Waals surface area contributed by atoms with Gasteiger partial charge in [-0.3, -0.25) is 4.79 Å². The molecule has 1 aliphatic carbocycles. The molecule has 2 N–H and O–H groups in total. The van der Waals surface area contributed by atoms with Crippen molar-refractivity contribution >= 4 is 11.9 Å². The number of carboxylic acids is 1. The molecule has 1 fully saturated rings. The number of rotatable bonds is 7. The predicted octanol–water partition coefficient (Wildman–Crippen LogP) is 1.09. The molecule has 0 bridgehead atoms. The summed E-state index contributed by atoms with van der Waals surface area (Å²) in [5.74, 6) is -1.33. The first-order valence-electron chi connectivity index (χ1n) is 5.80. The first kappa shape index (κ1) is 13.7. The molecular formula is C12H19NO4. The Hall–Kier alpha value is -1.36. The van der Waals surface area contributed by atoms with Crippen LogP contribution in [0.3, 0.4) is 0 Å². The molecule has 0 heterocycles. The van der Waals surface area contributed by atoms with Crippen LogP contribution in [-0.4, -0.2) is 35.2 Å². The highest BCUT2D eigenvalue weighted by Crippen LogP contribution is 2.32. The van der Waals surface area contributed by atoms with Gasteiger partial charge in [0, 0.05) is 0 Å². The van der Waals surface area contributed by atoms with Crippen molar-refractivity contribution in [2.75, 3.05) is 6.61 Å². The SMILES string of the molecule is C=CCCOC(C)C(=O)NC1(C(=O)O)CCC1. The molecule has 0 aromatic carbocycles. The van der Waals surface area contributed by atoms with Gasteiger partial charge in [0.15, 0.2) is 0 Å². The molecular weight excluding hydrogens is 222 g/mol. The van der Waals surface area contributed by atoms with Crippen molar-refractivity contribution in [3.05, 3.63) is 12.7 Å². The van der Waals surface area contributed by atoms with Gasteiger partial charge >= 0.3 is 5.97 Å². The lowest BCUT2D eigenvalue weighted by atomic mass is 9.76. The normalized spacial score (nSPS) is 18.9. The van der Waals surface area contributed by atoms with Gasteiger partial charge in [0.1, 0.15) is 11.6 Å². The van der Waals surface area contributed by atoms with Gasteiger partial charge in [-0.05, 0) is 32.6 Å². The van der Waals surface area contributed by atoms with Crippen LogP contribution in [0.2, 0.25) is 0 Å². The van der Waals surface area contributed by atoms with Gasteiger partial charge in [-0.2, -0.15) is 0 Å². The molecule has 1 rings (SSSR count). The van der Waals surface area contributed by atoms with Crippen molar-refractivity contribution in [3.63, 3.8) is 0 Å². The van der Waals surface area contributed by atoms with Gasteiger partial charge < -0.3 is 15.2 Å². The Morgan fingerprint density at radius 1 is 1.59 bits per heavy atom. The molecule has 17 heavy (non-hydrogen) atoms. The van der Waals surface area contributed by atoms with E-state index in [9.17, 15) is 9.59 Å². The maximum atomic E-state index is 11.7. The smallest absolute Gasteiger partial charge is 0.329 e. The first-order chi connectivity index (χ1) is 8.02. The van der Waals surface area contributed by atoms with Crippen LogP contribution in [0.4, 0.5) is 0 Å². The van der Waals surface area contributed by atoms with Crippen LogP contribution in [0, 0.1) is 0 Å². The Labute approximate surface area is 101 Å². The van der Waals surface area contributed by atoms with E-state index in [0.717, 1.165) is 6.42 Å². The summed E-state index contributed by atoms with van der Waals surface area (Å²) < 4.78 is 5.26. The topological polar surface area (TPSA) is 75.6 Å². The molecule has 0 aromatic rings. The van der Waals surface area contributed by atoms with Crippen molar-refractivity contribution in [3.8, 4) is 0 Å². The molecule has 1 atom stereocenters. The highest BCUT2D eigenvalue weighted by atomic mass is 16.5. The largest absolute Gasteiger partial charge is 0.480 e. The van der Waals surface area contributed by atoms with E-state index in [-0.39, 0.29) is 5.91 Å². The van der Waals surface area contributed by atoms with Crippen LogP contribution in [0.25, 0.3) is 0 Å². The third kappa shape index (κ3) is 3.30. The summed E-state index contributed by atoms with van der Waals surface area (Å²) >= 11 is 0. The van der Waals surface area contributed by atoms with E-state index < -0.39 is 17.6 Å². The van der Waals surface area contributed by atoms with Gasteiger partial charge in [-0.15, -0.1) is 6.58 Å². The van der Waals surface area contributed by atoms with Crippen LogP contribution in [-0.2, 0) is 14.3 Å². The Morgan fingerprint density at radius 2 is 2.24 bits per heavy atom. The monoisotopic (exact) mass is 241 g/mol. The average Bonchev–Trinajstić information content (AvgIpc) is 2.22. The van der Waals surface area contributed by atoms with Crippen molar-refractivity contribution in [1.29, 1.82) is 0 Å². The molecule has 0 aliphatic heterocycles. The molecule has 5 nitrogen and oxygen atoms in total. The summed E-state index contributed by atoms with van der Waals surface area (Å²) in [6.45, 7) is 5.58. The second kappa shape index (κ2) is 5.82. The molecule has 0 radical (unpaired) electrons. The van der Waals surface area contributed by atoms with Crippen molar-refractivity contribution in [1.82, 2.24) is 5.32 Å². The van der Waals surface area contributed by atoms with E-state index in [4.69, 9.17) is 9.84 Å². The van der Waals surface area contributed by atoms with E-state index in [1.54, 1.807) is 13.0 Å². The van der Waals surface area contributed by atoms with E-state index in [1.807, 2.05) is 0 Å². The minimum Gasteiger partial charge on any atom is -0.480 e. The van der Waals surface area contributed by atoms with Crippen LogP contribution in [0.1, 0.15) is 32.6 Å². The molecule has 0 aromatic heterocycles. The maximum Gasteiger partial charge on any atom is 0.329 e. The fourth-order valence-electron chi connectivity index (χ4n) is 1.66. The van der Waals surface area contributed by atoms with Gasteiger partial charge in [0.05, 0.1) is 6.61 Å². The van der Waals surface area contributed by atoms with E-state index in [1.165, 1.54) is 0 Å². The molecule has 1 amide bonds. The molecule has 1 saturated carbocycles. The zero-order chi connectivity index (χ0) is 12.9. The summed E-state index contributed by atoms with van der Waals surface area (Å²) in [6.07, 6.45) is 3.56. The third-order valence-electron chi connectivity index (χ3n) is 3.04. The number of amides is 1. The Morgan fingerprint density at radius 3 is 2.65 bits per heavy atom. The summed E-state index contributed by atoms with van der Waals surface area (Å²) in [5, 5.41) is 11.6. The molecule has 0 spiro atoms. The second-order valence-corrected chi connectivity index (χ2v) is 4.32. The zero-order valence-corrected chi connectivity index (χ0v) is 10.1. The maximum absolute atomic E-state index is 11.7. The second-order valence-electron chi connectivity index (χ2n) is 4.32. The summed E-state index contributed by atoms with van der Waals surface area (Å²) in [7, 11) is 0. The minimum absolute atomic E-state index is 0.365. The Bertz CT molecular complexity index is 310. The fourth-order valence-corrected chi connectivity index (χ4v) is 1.66. The first-order valence-corrected chi connectivity index (χ1v) is 5.80. The van der Waals surface area contributed by atoms with Crippen molar-refractivity contribution in [2.24, 2.45) is 0 Å². The summed E-state index contributed by atoms with van der Waals surface area (Å²) in [4.78, 5) is 22.8. The lowest BCUT2D eigenvalue weighted by Crippen LogP contribution is -2.60. The van der Waals surface area contributed by atoms with Gasteiger partial charge in [0.25, 0.3) is 0 Å². The van der Waals surface area contributed by atoms with E-state index in [2.05, 4.69) is 11.9 Å². The quantitative estimate of drug-likeness (QED) is 0.517. The molecule has 5 heteroatoms. The van der Waals surface area contributed by atoms with Gasteiger partial charge in [-0.1, -0.05) is 6.08 Å². The summed E-state index contributed by atoms with van der Waals surface area (Å²) in [6, 6.07) is 0. The number of ether oxygens (including phenoxy) is 1. The predicted molar refractivity (Wildman–Crippen MR) is 62.6 cm³/mol. The highest BCUT2D eigenvalue weighted by molar-refractivity contribution is 5.89. The number of carboxylic acid groups (broad SMARTS) is 1. The number of hydrogen-bond acceptors (Lipinski definition) is 3. The lowest BCUT2D eigenvalue weighted by Gasteiger charge is -2.38. The van der Waals surface area contributed by atoms with Crippen LogP contribution < -0.4 is 5.32 Å². The number of carbonyl (C=O) groups excluding carboxylic acids is 1. The Kier molecular flexibility index (Phi) is 4.69. The summed E-state index contributed by atoms with van der Waals surface area (Å²) in [5.41, 5.74) is -1.06. The number of hydrogen-bond donors (Lipinski definition) is 2. The lowest BCUT2D eigenvalue weighted by molar-refractivity contribution is -0.153. The van der Waals surface area contributed by atoms with Crippen LogP contribution in [0.15, 0.2) is 12.7 Å². The van der Waals surface area contributed by atoms with Crippen LogP contribution in [0.5, 0.6) is 0 Å². The average molecular weight is 241 g/mol. The van der Waals surface area contributed by atoms with Crippen molar-refractivity contribution in [2.45, 2.75) is 44.2 Å². The van der Waals surface area contributed by atoms with Gasteiger partial charge in [-0.25, -0.2) is 4.79 Å². The highest BCUT2D eigenvalue weighted by Gasteiger charge is 2.46. The molecule has 96 valence electrons. The molecule has 1 unspecified atom stereocenters. The van der Waals surface area contributed by atoms with E-state index in [0.29, 0.717) is 25.9 Å². The van der Waals surface area contributed by atoms with E-state index >= 15 is 0 Å². The molecule has 0 saturated heterocycles. The number of nitrogens with one attached hydrogen (secondary N) is 1.